The van der Waals surface area contributed by atoms with Gasteiger partial charge in [0.1, 0.15) is 22.0 Å². The second kappa shape index (κ2) is 17.7. The number of halogens is 1. The summed E-state index contributed by atoms with van der Waals surface area (Å²) in [4.78, 5) is 9.38. The van der Waals surface area contributed by atoms with Gasteiger partial charge in [0.05, 0.1) is 51.1 Å². The van der Waals surface area contributed by atoms with Gasteiger partial charge >= 0.3 is 16.5 Å². The number of rotatable bonds is 18. The van der Waals surface area contributed by atoms with E-state index in [9.17, 15) is 52.3 Å². The molecule has 58 heavy (non-hydrogen) atoms. The number of fused-ring (bicyclic) bond motifs is 1. The van der Waals surface area contributed by atoms with Crippen molar-refractivity contribution in [2.45, 2.75) is 14.7 Å². The molecule has 0 saturated heterocycles. The third kappa shape index (κ3) is 11.7. The molecule has 5 aromatic rings. The maximum atomic E-state index is 14.5. The van der Waals surface area contributed by atoms with Gasteiger partial charge in [0.25, 0.3) is 20.2 Å². The lowest BCUT2D eigenvalue weighted by molar-refractivity contribution is -0.432. The predicted octanol–water partition coefficient (Wildman–Crippen LogP) is 4.30. The molecule has 1 aromatic heterocycles. The number of azo groups is 1. The Kier molecular flexibility index (Phi) is 13.4. The number of benzene rings is 4. The zero-order valence-corrected chi connectivity index (χ0v) is 32.4. The summed E-state index contributed by atoms with van der Waals surface area (Å²) in [6.07, 6.45) is -1.31. The zero-order chi connectivity index (χ0) is 42.5. The van der Waals surface area contributed by atoms with Crippen LogP contribution in [0.1, 0.15) is 0 Å². The first-order valence-corrected chi connectivity index (χ1v) is 22.0. The SMILES string of the molecule is O=S(=O)(O)OCCS(=O)(=O)c1ccc(Nc2nc(F)nc(Nc3ccc(S(=O)(=O)O)c(N=Nc4c(NCSOOO)ccc5cc(S(=O)(=O)O)cc(O)c45)c3)n2)cc1. The Labute approximate surface area is 330 Å². The van der Waals surface area contributed by atoms with Crippen LogP contribution in [0.25, 0.3) is 10.8 Å². The summed E-state index contributed by atoms with van der Waals surface area (Å²) in [6, 6.07) is 12.2. The van der Waals surface area contributed by atoms with Crippen LogP contribution in [-0.4, -0.2) is 90.9 Å². The minimum Gasteiger partial charge on any atom is -0.507 e. The van der Waals surface area contributed by atoms with Gasteiger partial charge in [-0.2, -0.15) is 44.6 Å². The van der Waals surface area contributed by atoms with Gasteiger partial charge in [-0.25, -0.2) is 17.9 Å². The summed E-state index contributed by atoms with van der Waals surface area (Å²) in [6.45, 7) is -0.849. The van der Waals surface area contributed by atoms with E-state index in [1.165, 1.54) is 24.3 Å². The van der Waals surface area contributed by atoms with E-state index in [0.717, 1.165) is 42.5 Å². The molecule has 0 atom stereocenters. The summed E-state index contributed by atoms with van der Waals surface area (Å²) in [5.41, 5.74) is -0.595. The van der Waals surface area contributed by atoms with Crippen molar-refractivity contribution in [1.29, 1.82) is 0 Å². The maximum absolute atomic E-state index is 14.5. The van der Waals surface area contributed by atoms with Gasteiger partial charge < -0.3 is 21.1 Å². The molecule has 0 saturated carbocycles. The van der Waals surface area contributed by atoms with E-state index in [1.807, 2.05) is 0 Å². The van der Waals surface area contributed by atoms with Gasteiger partial charge in [0.15, 0.2) is 9.84 Å². The molecule has 0 radical (unpaired) electrons. The van der Waals surface area contributed by atoms with Gasteiger partial charge in [-0.3, -0.25) is 13.7 Å². The molecular weight excluding hydrogens is 884 g/mol. The first-order chi connectivity index (χ1) is 27.1. The lowest BCUT2D eigenvalue weighted by Gasteiger charge is -2.13. The van der Waals surface area contributed by atoms with Crippen molar-refractivity contribution >= 4 is 104 Å². The highest BCUT2D eigenvalue weighted by Gasteiger charge is 2.21. The Bertz CT molecular complexity index is 2840. The monoisotopic (exact) mass is 908 g/mol. The van der Waals surface area contributed by atoms with Crippen molar-refractivity contribution in [3.05, 3.63) is 72.8 Å². The van der Waals surface area contributed by atoms with Crippen LogP contribution < -0.4 is 16.0 Å². The van der Waals surface area contributed by atoms with Crippen LogP contribution in [0.15, 0.2) is 91.6 Å². The van der Waals surface area contributed by atoms with Gasteiger partial charge in [-0.1, -0.05) is 11.1 Å². The fourth-order valence-electron chi connectivity index (χ4n) is 4.77. The molecule has 0 aliphatic rings. The summed E-state index contributed by atoms with van der Waals surface area (Å²) in [7, 11) is -18.7. The highest BCUT2D eigenvalue weighted by molar-refractivity contribution is 7.94. The number of anilines is 5. The van der Waals surface area contributed by atoms with Crippen molar-refractivity contribution in [1.82, 2.24) is 15.0 Å². The summed E-state index contributed by atoms with van der Waals surface area (Å²) in [5.74, 6) is -2.49. The fourth-order valence-corrected chi connectivity index (χ4v) is 7.71. The first-order valence-electron chi connectivity index (χ1n) is 15.2. The van der Waals surface area contributed by atoms with Crippen LogP contribution in [0.5, 0.6) is 5.75 Å². The highest BCUT2D eigenvalue weighted by atomic mass is 32.3. The molecule has 0 aliphatic heterocycles. The molecular formula is C28H25FN8O16S5. The van der Waals surface area contributed by atoms with Crippen LogP contribution in [0.2, 0.25) is 0 Å². The quantitative estimate of drug-likeness (QED) is 0.0115. The topological polar surface area (TPSA) is 365 Å². The molecule has 24 nitrogen and oxygen atoms in total. The first kappa shape index (κ1) is 43.9. The fraction of sp³-hybridized carbons (Fsp3) is 0.107. The summed E-state index contributed by atoms with van der Waals surface area (Å²) in [5, 5.41) is 38.7. The third-order valence-electron chi connectivity index (χ3n) is 7.15. The van der Waals surface area contributed by atoms with E-state index in [1.54, 1.807) is 0 Å². The number of aromatic nitrogens is 3. The Hall–Kier alpha value is -5.25. The molecule has 0 bridgehead atoms. The molecule has 30 heteroatoms. The molecule has 0 aliphatic carbocycles. The van der Waals surface area contributed by atoms with Gasteiger partial charge in [-0.05, 0) is 60.0 Å². The molecule has 5 rings (SSSR count). The average Bonchev–Trinajstić information content (AvgIpc) is 3.11. The van der Waals surface area contributed by atoms with E-state index in [2.05, 4.69) is 54.7 Å². The van der Waals surface area contributed by atoms with Crippen molar-refractivity contribution in [3.8, 4) is 5.75 Å². The largest absolute Gasteiger partial charge is 0.507 e. The molecule has 8 N–H and O–H groups in total. The Morgan fingerprint density at radius 1 is 0.759 bits per heavy atom. The van der Waals surface area contributed by atoms with E-state index >= 15 is 0 Å². The predicted molar refractivity (Wildman–Crippen MR) is 199 cm³/mol. The van der Waals surface area contributed by atoms with E-state index in [4.69, 9.17) is 9.81 Å². The number of aromatic hydroxyl groups is 1. The Balaban J connectivity index is 1.45. The molecule has 0 fully saturated rings. The molecule has 0 unspecified atom stereocenters. The zero-order valence-electron chi connectivity index (χ0n) is 28.4. The average molecular weight is 909 g/mol. The van der Waals surface area contributed by atoms with Gasteiger partial charge in [0.2, 0.25) is 11.9 Å². The molecule has 0 spiro atoms. The van der Waals surface area contributed by atoms with Crippen molar-refractivity contribution < 1.29 is 75.6 Å². The smallest absolute Gasteiger partial charge is 0.397 e. The Morgan fingerprint density at radius 2 is 1.41 bits per heavy atom. The normalized spacial score (nSPS) is 12.6. The van der Waals surface area contributed by atoms with Gasteiger partial charge in [0, 0.05) is 17.4 Å². The van der Waals surface area contributed by atoms with Crippen molar-refractivity contribution in [2.75, 3.05) is 34.2 Å². The standard InChI is InChI=1S/C28H25FN8O16S5/c29-26-33-27(31-16-2-5-18(6-3-16)55(40,41)10-9-51-58(48,49)50)35-28(34-26)32-17-4-8-23(57(45,46)47)21(12-17)36-37-25-20(30-14-54-53-52-39)7-1-15-11-19(56(42,43)44)13-22(38)24(15)25/h1-8,11-13,30,38-39H,9-10,14H2,(H,42,43,44)(H,45,46,47)(H,48,49,50)(H2,31,32,33,34,35). The number of sulfone groups is 1. The summed E-state index contributed by atoms with van der Waals surface area (Å²) < 4.78 is 145. The maximum Gasteiger partial charge on any atom is 0.397 e. The lowest BCUT2D eigenvalue weighted by Crippen LogP contribution is -2.15. The molecule has 4 aromatic carbocycles. The molecule has 310 valence electrons. The van der Waals surface area contributed by atoms with Crippen LogP contribution in [0.3, 0.4) is 0 Å². The molecule has 1 heterocycles. The van der Waals surface area contributed by atoms with E-state index < -0.39 is 92.0 Å². The van der Waals surface area contributed by atoms with Crippen LogP contribution in [0, 0.1) is 6.08 Å². The van der Waals surface area contributed by atoms with Crippen LogP contribution >= 0.6 is 12.0 Å². The Morgan fingerprint density at radius 3 is 2.03 bits per heavy atom. The minimum atomic E-state index is -4.99. The van der Waals surface area contributed by atoms with E-state index in [-0.39, 0.29) is 44.3 Å². The van der Waals surface area contributed by atoms with Crippen molar-refractivity contribution in [3.63, 3.8) is 0 Å². The number of phenols is 1. The number of hydrogen-bond donors (Lipinski definition) is 8. The van der Waals surface area contributed by atoms with Crippen molar-refractivity contribution in [2.24, 2.45) is 10.2 Å². The number of nitrogens with one attached hydrogen (secondary N) is 3. The minimum absolute atomic E-state index is 0.0197. The molecule has 0 amide bonds. The summed E-state index contributed by atoms with van der Waals surface area (Å²) >= 11 is 0.555. The highest BCUT2D eigenvalue weighted by Crippen LogP contribution is 2.42. The van der Waals surface area contributed by atoms with Crippen LogP contribution in [-0.2, 0) is 54.0 Å². The number of phenolic OH excluding ortho intramolecular Hbond substituents is 1. The second-order valence-electron chi connectivity index (χ2n) is 11.0. The second-order valence-corrected chi connectivity index (χ2v) is 17.7. The number of hydrogen-bond acceptors (Lipinski definition) is 22. The van der Waals surface area contributed by atoms with Gasteiger partial charge in [-0.15, -0.1) is 14.6 Å². The van der Waals surface area contributed by atoms with Crippen LogP contribution in [0.4, 0.5) is 44.7 Å². The van der Waals surface area contributed by atoms with E-state index in [0.29, 0.717) is 12.0 Å². The third-order valence-corrected chi connectivity index (χ3v) is 11.5. The number of nitrogens with zero attached hydrogens (tertiary/aromatic N) is 5. The lowest BCUT2D eigenvalue weighted by atomic mass is 10.1.